The zero-order valence-corrected chi connectivity index (χ0v) is 16.9. The molecule has 0 spiro atoms. The first kappa shape index (κ1) is 20.7. The lowest BCUT2D eigenvalue weighted by Crippen LogP contribution is -2.52. The predicted molar refractivity (Wildman–Crippen MR) is 101 cm³/mol. The van der Waals surface area contributed by atoms with Gasteiger partial charge in [-0.3, -0.25) is 24.0 Å². The summed E-state index contributed by atoms with van der Waals surface area (Å²) < 4.78 is 21.2. The van der Waals surface area contributed by atoms with E-state index in [0.29, 0.717) is 0 Å². The van der Waals surface area contributed by atoms with Gasteiger partial charge in [-0.15, -0.1) is 0 Å². The van der Waals surface area contributed by atoms with E-state index in [1.54, 1.807) is 6.08 Å². The van der Waals surface area contributed by atoms with Crippen LogP contribution in [0, 0.1) is 11.8 Å². The fourth-order valence-electron chi connectivity index (χ4n) is 4.30. The Labute approximate surface area is 176 Å². The van der Waals surface area contributed by atoms with Gasteiger partial charge in [0.05, 0.1) is 23.6 Å². The molecule has 0 aliphatic carbocycles. The van der Waals surface area contributed by atoms with Crippen LogP contribution in [0.3, 0.4) is 0 Å². The van der Waals surface area contributed by atoms with Crippen LogP contribution in [-0.4, -0.2) is 47.7 Å². The summed E-state index contributed by atoms with van der Waals surface area (Å²) in [6.07, 6.45) is 0.843. The van der Waals surface area contributed by atoms with Crippen molar-refractivity contribution >= 4 is 35.4 Å². The summed E-state index contributed by atoms with van der Waals surface area (Å²) >= 11 is 0. The van der Waals surface area contributed by atoms with Crippen LogP contribution in [-0.2, 0) is 38.2 Å². The molecular weight excluding hydrogens is 410 g/mol. The van der Waals surface area contributed by atoms with Crippen molar-refractivity contribution < 1.29 is 42.9 Å². The second-order valence-electron chi connectivity index (χ2n) is 7.45. The number of hydrogen-bond donors (Lipinski definition) is 0. The molecule has 3 aliphatic heterocycles. The summed E-state index contributed by atoms with van der Waals surface area (Å²) in [6, 6.07) is 5.89. The molecule has 162 valence electrons. The van der Waals surface area contributed by atoms with Gasteiger partial charge in [-0.1, -0.05) is 6.08 Å². The van der Waals surface area contributed by atoms with Gasteiger partial charge < -0.3 is 18.9 Å². The lowest BCUT2D eigenvalue weighted by molar-refractivity contribution is -0.226. The highest BCUT2D eigenvalue weighted by Gasteiger charge is 2.72. The topological polar surface area (TPSA) is 126 Å². The van der Waals surface area contributed by atoms with Crippen molar-refractivity contribution in [2.24, 2.45) is 11.8 Å². The van der Waals surface area contributed by atoms with Crippen LogP contribution in [0.25, 0.3) is 0 Å². The molecule has 2 saturated heterocycles. The number of benzene rings is 1. The lowest BCUT2D eigenvalue weighted by Gasteiger charge is -2.34. The van der Waals surface area contributed by atoms with Crippen molar-refractivity contribution in [3.05, 3.63) is 36.4 Å². The van der Waals surface area contributed by atoms with Gasteiger partial charge in [-0.05, 0) is 30.3 Å². The van der Waals surface area contributed by atoms with E-state index in [1.807, 2.05) is 0 Å². The van der Waals surface area contributed by atoms with Crippen molar-refractivity contribution in [3.63, 3.8) is 0 Å². The first-order chi connectivity index (χ1) is 14.6. The molecule has 10 heteroatoms. The Morgan fingerprint density at radius 3 is 2.13 bits per heavy atom. The highest BCUT2D eigenvalue weighted by atomic mass is 16.7. The van der Waals surface area contributed by atoms with E-state index in [0.717, 1.165) is 18.7 Å². The molecule has 4 rings (SSSR count). The fourth-order valence-corrected chi connectivity index (χ4v) is 4.30. The number of carbonyl (C=O) groups is 5. The quantitative estimate of drug-likeness (QED) is 0.220. The summed E-state index contributed by atoms with van der Waals surface area (Å²) in [5, 5.41) is 0. The Kier molecular flexibility index (Phi) is 4.89. The second kappa shape index (κ2) is 7.31. The highest BCUT2D eigenvalue weighted by Crippen LogP contribution is 2.54. The van der Waals surface area contributed by atoms with E-state index in [-0.39, 0.29) is 11.4 Å². The molecule has 10 nitrogen and oxygen atoms in total. The standard InChI is InChI=1S/C21H19NO9/c1-10(23)28-14-6-4-13(5-7-14)22-18(26)16-15-8-9-21(31-15,17(16)19(22)27)20(29-11(2)24)30-12(3)25/h4-9,15-17,20H,1-3H3/t15-,16+,17-,21+/m0/s1. The molecule has 31 heavy (non-hydrogen) atoms. The lowest BCUT2D eigenvalue weighted by atomic mass is 9.76. The van der Waals surface area contributed by atoms with E-state index in [9.17, 15) is 24.0 Å². The van der Waals surface area contributed by atoms with Gasteiger partial charge in [0, 0.05) is 20.8 Å². The minimum absolute atomic E-state index is 0.266. The average molecular weight is 429 g/mol. The van der Waals surface area contributed by atoms with Crippen LogP contribution in [0.5, 0.6) is 5.75 Å². The van der Waals surface area contributed by atoms with Crippen LogP contribution in [0.15, 0.2) is 36.4 Å². The number of rotatable bonds is 5. The maximum Gasteiger partial charge on any atom is 0.308 e. The average Bonchev–Trinajstić information content (AvgIpc) is 3.32. The summed E-state index contributed by atoms with van der Waals surface area (Å²) in [4.78, 5) is 61.8. The largest absolute Gasteiger partial charge is 0.427 e. The Balaban J connectivity index is 1.68. The van der Waals surface area contributed by atoms with E-state index in [1.165, 1.54) is 37.3 Å². The number of carbonyl (C=O) groups excluding carboxylic acids is 5. The maximum atomic E-state index is 13.4. The first-order valence-corrected chi connectivity index (χ1v) is 9.52. The van der Waals surface area contributed by atoms with E-state index >= 15 is 0 Å². The molecule has 0 aromatic heterocycles. The molecule has 3 aliphatic rings. The van der Waals surface area contributed by atoms with Crippen molar-refractivity contribution in [1.29, 1.82) is 0 Å². The van der Waals surface area contributed by atoms with Gasteiger partial charge in [0.1, 0.15) is 5.75 Å². The van der Waals surface area contributed by atoms with Crippen molar-refractivity contribution in [3.8, 4) is 5.75 Å². The summed E-state index contributed by atoms with van der Waals surface area (Å²) in [5.74, 6) is -4.69. The maximum absolute atomic E-state index is 13.4. The molecule has 2 bridgehead atoms. The molecule has 2 amide bonds. The number of amides is 2. The van der Waals surface area contributed by atoms with Gasteiger partial charge in [-0.25, -0.2) is 4.90 Å². The molecular formula is C21H19NO9. The molecule has 4 atom stereocenters. The third-order valence-electron chi connectivity index (χ3n) is 5.35. The van der Waals surface area contributed by atoms with Gasteiger partial charge in [0.15, 0.2) is 5.60 Å². The number of hydrogen-bond acceptors (Lipinski definition) is 9. The Bertz CT molecular complexity index is 998. The van der Waals surface area contributed by atoms with Crippen molar-refractivity contribution in [2.75, 3.05) is 4.90 Å². The molecule has 2 fully saturated rings. The zero-order chi connectivity index (χ0) is 22.5. The first-order valence-electron chi connectivity index (χ1n) is 9.52. The third-order valence-corrected chi connectivity index (χ3v) is 5.35. The van der Waals surface area contributed by atoms with E-state index < -0.39 is 59.6 Å². The number of ether oxygens (including phenoxy) is 4. The SMILES string of the molecule is CC(=O)Oc1ccc(N2C(=O)[C@@H]3[C@@H]4C=C[C@@](C(OC(C)=O)OC(C)=O)(O4)[C@@H]3C2=O)cc1. The number of fused-ring (bicyclic) bond motifs is 5. The second-order valence-corrected chi connectivity index (χ2v) is 7.45. The molecule has 0 saturated carbocycles. The molecule has 1 aromatic rings. The van der Waals surface area contributed by atoms with E-state index in [4.69, 9.17) is 18.9 Å². The summed E-state index contributed by atoms with van der Waals surface area (Å²) in [6.45, 7) is 3.52. The zero-order valence-electron chi connectivity index (χ0n) is 16.9. The number of anilines is 1. The van der Waals surface area contributed by atoms with Crippen molar-refractivity contribution in [1.82, 2.24) is 0 Å². The van der Waals surface area contributed by atoms with Crippen molar-refractivity contribution in [2.45, 2.75) is 38.8 Å². The monoisotopic (exact) mass is 429 g/mol. The Hall–Kier alpha value is -3.53. The molecule has 0 unspecified atom stereocenters. The number of nitrogens with zero attached hydrogens (tertiary/aromatic N) is 1. The van der Waals surface area contributed by atoms with Gasteiger partial charge in [0.25, 0.3) is 6.29 Å². The normalized spacial score (nSPS) is 28.1. The van der Waals surface area contributed by atoms with Crippen LogP contribution >= 0.6 is 0 Å². The molecule has 1 aromatic carbocycles. The van der Waals surface area contributed by atoms with E-state index in [2.05, 4.69) is 0 Å². The smallest absolute Gasteiger partial charge is 0.308 e. The summed E-state index contributed by atoms with van der Waals surface area (Å²) in [5.41, 5.74) is -1.32. The number of esters is 3. The Morgan fingerprint density at radius 1 is 0.968 bits per heavy atom. The Morgan fingerprint density at radius 2 is 1.58 bits per heavy atom. The molecule has 0 radical (unpaired) electrons. The van der Waals surface area contributed by atoms with Gasteiger partial charge in [0.2, 0.25) is 11.8 Å². The third kappa shape index (κ3) is 3.28. The highest BCUT2D eigenvalue weighted by molar-refractivity contribution is 6.23. The minimum atomic E-state index is -1.61. The molecule has 3 heterocycles. The number of imide groups is 1. The summed E-state index contributed by atoms with van der Waals surface area (Å²) in [7, 11) is 0. The van der Waals surface area contributed by atoms with Gasteiger partial charge in [-0.2, -0.15) is 0 Å². The predicted octanol–water partition coefficient (Wildman–Crippen LogP) is 0.877. The minimum Gasteiger partial charge on any atom is -0.427 e. The van der Waals surface area contributed by atoms with Crippen LogP contribution in [0.2, 0.25) is 0 Å². The van der Waals surface area contributed by atoms with Crippen LogP contribution in [0.1, 0.15) is 20.8 Å². The molecule has 0 N–H and O–H groups in total. The van der Waals surface area contributed by atoms with Crippen LogP contribution < -0.4 is 9.64 Å². The fraction of sp³-hybridized carbons (Fsp3) is 0.381. The van der Waals surface area contributed by atoms with Gasteiger partial charge >= 0.3 is 17.9 Å². The van der Waals surface area contributed by atoms with Crippen LogP contribution in [0.4, 0.5) is 5.69 Å².